The van der Waals surface area contributed by atoms with Gasteiger partial charge in [-0.25, -0.2) is 0 Å². The standard InChI is InChI=1S/C24H23BN2O7/c28-18-8-10-20-22(14-18)34-23-15-19(9-11-21(23)27(20)32)33-12-3-1-2-7-24(29)26-17-6-4-5-16(13-17)25(30)31/h4-6,8-11,13-15,30-31H,1-3,7,12H2,(H,26,29). The number of unbranched alkanes of at least 4 members (excludes halogenated alkanes) is 2. The fourth-order valence-electron chi connectivity index (χ4n) is 3.58. The fourth-order valence-corrected chi connectivity index (χ4v) is 3.58. The van der Waals surface area contributed by atoms with E-state index in [0.717, 1.165) is 17.6 Å². The first-order chi connectivity index (χ1) is 16.4. The van der Waals surface area contributed by atoms with Gasteiger partial charge in [-0.2, -0.15) is 4.73 Å². The molecule has 0 atom stereocenters. The Bertz CT molecular complexity index is 1340. The van der Waals surface area contributed by atoms with Crippen molar-refractivity contribution in [2.75, 3.05) is 11.9 Å². The number of aromatic nitrogens is 1. The maximum Gasteiger partial charge on any atom is 0.488 e. The maximum atomic E-state index is 12.5. The minimum absolute atomic E-state index is 0.152. The van der Waals surface area contributed by atoms with Crippen molar-refractivity contribution >= 4 is 35.3 Å². The number of anilines is 1. The van der Waals surface area contributed by atoms with Gasteiger partial charge in [-0.1, -0.05) is 12.1 Å². The third-order valence-electron chi connectivity index (χ3n) is 5.31. The van der Waals surface area contributed by atoms with E-state index in [1.165, 1.54) is 24.3 Å². The molecular weight excluding hydrogens is 439 g/mol. The molecule has 10 heteroatoms. The largest absolute Gasteiger partial charge is 0.618 e. The number of benzene rings is 3. The highest BCUT2D eigenvalue weighted by Gasteiger charge is 2.19. The molecule has 0 saturated heterocycles. The summed E-state index contributed by atoms with van der Waals surface area (Å²) in [5.74, 6) is 0.600. The van der Waals surface area contributed by atoms with Crippen LogP contribution < -0.4 is 25.7 Å². The number of carbonyl (C=O) groups excluding carboxylic acids is 1. The summed E-state index contributed by atoms with van der Waals surface area (Å²) < 4.78 is 12.2. The predicted molar refractivity (Wildman–Crippen MR) is 127 cm³/mol. The van der Waals surface area contributed by atoms with Crippen LogP contribution in [0.25, 0.3) is 22.6 Å². The highest BCUT2D eigenvalue weighted by atomic mass is 16.5. The Kier molecular flexibility index (Phi) is 7.10. The zero-order valence-electron chi connectivity index (χ0n) is 18.3. The summed E-state index contributed by atoms with van der Waals surface area (Å²) in [6, 6.07) is 15.4. The smallest absolute Gasteiger partial charge is 0.488 e. The molecule has 0 unspecified atom stereocenters. The second kappa shape index (κ2) is 10.4. The van der Waals surface area contributed by atoms with Crippen LogP contribution in [-0.2, 0) is 4.79 Å². The SMILES string of the molecule is O=C(CCCCCOc1ccc2c(c1)oc1cc(=O)ccc-1[n+]2[O-])Nc1cccc(B(O)O)c1. The zero-order valence-corrected chi connectivity index (χ0v) is 18.3. The number of nitrogens with one attached hydrogen (secondary N) is 1. The van der Waals surface area contributed by atoms with Crippen LogP contribution in [-0.4, -0.2) is 29.7 Å². The number of fused-ring (bicyclic) bond motifs is 2. The number of hydrogen-bond donors (Lipinski definition) is 3. The first-order valence-electron chi connectivity index (χ1n) is 10.9. The number of carbonyl (C=O) groups is 1. The van der Waals surface area contributed by atoms with Gasteiger partial charge in [0.15, 0.2) is 5.43 Å². The van der Waals surface area contributed by atoms with Gasteiger partial charge in [0, 0.05) is 36.4 Å². The van der Waals surface area contributed by atoms with Gasteiger partial charge in [0.05, 0.1) is 6.61 Å². The molecule has 1 heterocycles. The van der Waals surface area contributed by atoms with Crippen LogP contribution in [0.1, 0.15) is 25.7 Å². The van der Waals surface area contributed by atoms with E-state index >= 15 is 0 Å². The van der Waals surface area contributed by atoms with Gasteiger partial charge in [0.2, 0.25) is 17.3 Å². The number of hydrogen-bond acceptors (Lipinski definition) is 7. The summed E-state index contributed by atoms with van der Waals surface area (Å²) in [6.45, 7) is 0.430. The Balaban J connectivity index is 1.25. The molecule has 3 N–H and O–H groups in total. The van der Waals surface area contributed by atoms with Crippen LogP contribution >= 0.6 is 0 Å². The highest BCUT2D eigenvalue weighted by Crippen LogP contribution is 2.25. The van der Waals surface area contributed by atoms with E-state index in [1.54, 1.807) is 36.4 Å². The highest BCUT2D eigenvalue weighted by molar-refractivity contribution is 6.58. The maximum absolute atomic E-state index is 12.5. The Labute approximate surface area is 195 Å². The molecule has 1 aliphatic heterocycles. The van der Waals surface area contributed by atoms with Crippen molar-refractivity contribution in [1.82, 2.24) is 0 Å². The Morgan fingerprint density at radius 3 is 2.74 bits per heavy atom. The van der Waals surface area contributed by atoms with Gasteiger partial charge in [-0.05, 0) is 49.0 Å². The van der Waals surface area contributed by atoms with Gasteiger partial charge in [-0.15, -0.1) is 0 Å². The van der Waals surface area contributed by atoms with E-state index in [-0.39, 0.29) is 22.8 Å². The van der Waals surface area contributed by atoms with Crippen molar-refractivity contribution in [1.29, 1.82) is 0 Å². The number of rotatable bonds is 9. The third-order valence-corrected chi connectivity index (χ3v) is 5.31. The molecule has 34 heavy (non-hydrogen) atoms. The van der Waals surface area contributed by atoms with E-state index < -0.39 is 7.12 Å². The van der Waals surface area contributed by atoms with Crippen molar-refractivity contribution in [3.63, 3.8) is 0 Å². The number of ether oxygens (including phenoxy) is 1. The van der Waals surface area contributed by atoms with E-state index in [0.29, 0.717) is 47.4 Å². The molecule has 1 aliphatic carbocycles. The van der Waals surface area contributed by atoms with Crippen LogP contribution in [0.5, 0.6) is 5.75 Å². The molecule has 0 bridgehead atoms. The zero-order chi connectivity index (χ0) is 24.1. The second-order valence-electron chi connectivity index (χ2n) is 7.86. The van der Waals surface area contributed by atoms with Crippen LogP contribution in [0.15, 0.2) is 69.9 Å². The van der Waals surface area contributed by atoms with Crippen LogP contribution in [0.3, 0.4) is 0 Å². The van der Waals surface area contributed by atoms with Crippen molar-refractivity contribution in [2.24, 2.45) is 0 Å². The summed E-state index contributed by atoms with van der Waals surface area (Å²) in [6.07, 6.45) is 2.51. The second-order valence-corrected chi connectivity index (χ2v) is 7.86. The topological polar surface area (TPSA) is 136 Å². The normalized spacial score (nSPS) is 11.0. The molecular formula is C24H23BN2O7. The molecule has 0 radical (unpaired) electrons. The van der Waals surface area contributed by atoms with E-state index in [1.807, 2.05) is 0 Å². The lowest BCUT2D eigenvalue weighted by atomic mass is 9.80. The summed E-state index contributed by atoms with van der Waals surface area (Å²) in [5, 5.41) is 33.7. The molecule has 0 saturated carbocycles. The van der Waals surface area contributed by atoms with Crippen LogP contribution in [0, 0.1) is 5.21 Å². The summed E-state index contributed by atoms with van der Waals surface area (Å²) >= 11 is 0. The molecule has 4 rings (SSSR count). The van der Waals surface area contributed by atoms with Crippen molar-refractivity contribution in [3.05, 3.63) is 76.1 Å². The third kappa shape index (κ3) is 5.53. The molecule has 2 aliphatic rings. The summed E-state index contributed by atoms with van der Waals surface area (Å²) in [4.78, 5) is 23.6. The lowest BCUT2D eigenvalue weighted by Crippen LogP contribution is -2.31. The van der Waals surface area contributed by atoms with Crippen molar-refractivity contribution in [2.45, 2.75) is 25.7 Å². The first kappa shape index (κ1) is 23.3. The van der Waals surface area contributed by atoms with Crippen LogP contribution in [0.2, 0.25) is 0 Å². The van der Waals surface area contributed by atoms with Gasteiger partial charge < -0.3 is 29.7 Å². The first-order valence-corrected chi connectivity index (χ1v) is 10.9. The quantitative estimate of drug-likeness (QED) is 0.113. The Morgan fingerprint density at radius 2 is 1.91 bits per heavy atom. The average Bonchev–Trinajstić information content (AvgIpc) is 2.81. The molecule has 9 nitrogen and oxygen atoms in total. The minimum atomic E-state index is -1.58. The van der Waals surface area contributed by atoms with Gasteiger partial charge >= 0.3 is 7.12 Å². The van der Waals surface area contributed by atoms with Gasteiger partial charge in [0.25, 0.3) is 11.2 Å². The van der Waals surface area contributed by atoms with E-state index in [9.17, 15) is 24.8 Å². The van der Waals surface area contributed by atoms with Crippen LogP contribution in [0.4, 0.5) is 5.69 Å². The molecule has 174 valence electrons. The Hall–Kier alpha value is -3.89. The molecule has 1 amide bonds. The van der Waals surface area contributed by atoms with Crippen molar-refractivity contribution in [3.8, 4) is 17.2 Å². The predicted octanol–water partition coefficient (Wildman–Crippen LogP) is 1.79. The van der Waals surface area contributed by atoms with Gasteiger partial charge in [-0.3, -0.25) is 9.59 Å². The summed E-state index contributed by atoms with van der Waals surface area (Å²) in [5.41, 5.74) is 1.52. The summed E-state index contributed by atoms with van der Waals surface area (Å²) in [7, 11) is -1.58. The number of amides is 1. The molecule has 0 spiro atoms. The lowest BCUT2D eigenvalue weighted by Gasteiger charge is -2.10. The molecule has 0 aromatic heterocycles. The minimum Gasteiger partial charge on any atom is -0.618 e. The van der Waals surface area contributed by atoms with E-state index in [4.69, 9.17) is 9.15 Å². The molecule has 2 aromatic carbocycles. The molecule has 2 aromatic rings. The monoisotopic (exact) mass is 462 g/mol. The van der Waals surface area contributed by atoms with Crippen molar-refractivity contribution < 1.29 is 28.7 Å². The molecule has 0 fully saturated rings. The average molecular weight is 462 g/mol. The van der Waals surface area contributed by atoms with Gasteiger partial charge in [0.1, 0.15) is 5.75 Å². The van der Waals surface area contributed by atoms with E-state index in [2.05, 4.69) is 5.32 Å². The fraction of sp³-hybridized carbons (Fsp3) is 0.208. The lowest BCUT2D eigenvalue weighted by molar-refractivity contribution is -0.566. The Morgan fingerprint density at radius 1 is 1.06 bits per heavy atom. The number of nitrogens with zero attached hydrogens (tertiary/aromatic N) is 1.